The quantitative estimate of drug-likeness (QED) is 0.120. The van der Waals surface area contributed by atoms with Gasteiger partial charge in [0.25, 0.3) is 0 Å². The Bertz CT molecular complexity index is 1770. The highest BCUT2D eigenvalue weighted by Crippen LogP contribution is 2.45. The molecule has 0 spiro atoms. The van der Waals surface area contributed by atoms with Gasteiger partial charge in [0.1, 0.15) is 5.54 Å². The number of hydrogen-bond acceptors (Lipinski definition) is 4. The van der Waals surface area contributed by atoms with E-state index < -0.39 is 26.7 Å². The van der Waals surface area contributed by atoms with Gasteiger partial charge in [0.15, 0.2) is 9.84 Å². The Balaban J connectivity index is 1.25. The van der Waals surface area contributed by atoms with E-state index in [1.54, 1.807) is 24.3 Å². The summed E-state index contributed by atoms with van der Waals surface area (Å²) < 4.78 is 30.8. The lowest BCUT2D eigenvalue weighted by Crippen LogP contribution is -2.41. The Labute approximate surface area is 292 Å². The number of benzene rings is 4. The average molecular weight is 673 g/mol. The standard InChI is InChI=1S/C43H48N2O3S/c46-42(41(29-26-33-16-6-1-7-17-33)49(47,48)39-24-14-5-15-25-39)40(34-27-28-34)30-38-31-45(32-44-38)43(35-18-8-2-9-19-35,36-20-10-3-11-21-36)37-22-12-4-13-23-37/h2-5,8-15,18-25,31-34,40-42,46H,1,6-7,16-17,26-30H2/t40-,41?,42?/m1/s1. The minimum Gasteiger partial charge on any atom is -0.391 e. The first-order valence-corrected chi connectivity index (χ1v) is 19.7. The van der Waals surface area contributed by atoms with E-state index >= 15 is 0 Å². The predicted octanol–water partition coefficient (Wildman–Crippen LogP) is 8.86. The molecule has 2 unspecified atom stereocenters. The maximum atomic E-state index is 14.3. The number of rotatable bonds is 14. The summed E-state index contributed by atoms with van der Waals surface area (Å²) in [4.78, 5) is 5.30. The second kappa shape index (κ2) is 14.9. The van der Waals surface area contributed by atoms with Crippen molar-refractivity contribution in [2.24, 2.45) is 17.8 Å². The SMILES string of the molecule is O=S(=O)(c1ccccc1)C(CCC1CCCCC1)C(O)[C@H](Cc1cn(C(c2ccccc2)(c2ccccc2)c2ccccc2)cn1)C1CC1. The van der Waals surface area contributed by atoms with E-state index in [9.17, 15) is 13.5 Å². The highest BCUT2D eigenvalue weighted by Gasteiger charge is 2.45. The molecule has 2 aliphatic rings. The molecule has 0 saturated heterocycles. The number of nitrogens with zero attached hydrogens (tertiary/aromatic N) is 2. The van der Waals surface area contributed by atoms with Crippen LogP contribution in [0.15, 0.2) is 139 Å². The number of hydrogen-bond donors (Lipinski definition) is 1. The van der Waals surface area contributed by atoms with E-state index in [2.05, 4.69) is 83.6 Å². The lowest BCUT2D eigenvalue weighted by atomic mass is 9.76. The van der Waals surface area contributed by atoms with Gasteiger partial charge in [0.05, 0.1) is 28.3 Å². The first-order valence-electron chi connectivity index (χ1n) is 18.1. The van der Waals surface area contributed by atoms with Gasteiger partial charge in [-0.2, -0.15) is 0 Å². The van der Waals surface area contributed by atoms with Crippen molar-refractivity contribution >= 4 is 9.84 Å². The Kier molecular flexibility index (Phi) is 10.2. The van der Waals surface area contributed by atoms with Gasteiger partial charge in [0, 0.05) is 6.20 Å². The molecule has 7 rings (SSSR count). The summed E-state index contributed by atoms with van der Waals surface area (Å²) >= 11 is 0. The fraction of sp³-hybridized carbons (Fsp3) is 0.372. The summed E-state index contributed by atoms with van der Waals surface area (Å²) in [6, 6.07) is 40.4. The molecule has 4 aromatic carbocycles. The molecule has 1 N–H and O–H groups in total. The van der Waals surface area contributed by atoms with E-state index in [4.69, 9.17) is 4.98 Å². The van der Waals surface area contributed by atoms with Crippen LogP contribution in [0.2, 0.25) is 0 Å². The molecule has 2 fully saturated rings. The number of imidazole rings is 1. The molecule has 0 radical (unpaired) electrons. The molecule has 0 amide bonds. The van der Waals surface area contributed by atoms with E-state index in [1.807, 2.05) is 30.6 Å². The van der Waals surface area contributed by atoms with Gasteiger partial charge in [0.2, 0.25) is 0 Å². The Morgan fingerprint density at radius 2 is 1.22 bits per heavy atom. The summed E-state index contributed by atoms with van der Waals surface area (Å²) in [7, 11) is -3.75. The van der Waals surface area contributed by atoms with Crippen LogP contribution in [0.1, 0.15) is 80.2 Å². The second-order valence-electron chi connectivity index (χ2n) is 14.3. The van der Waals surface area contributed by atoms with Crippen molar-refractivity contribution in [2.45, 2.75) is 86.0 Å². The third-order valence-corrected chi connectivity index (χ3v) is 13.4. The van der Waals surface area contributed by atoms with Gasteiger partial charge in [-0.3, -0.25) is 0 Å². The van der Waals surface area contributed by atoms with Crippen LogP contribution in [0.3, 0.4) is 0 Å². The number of sulfone groups is 1. The summed E-state index contributed by atoms with van der Waals surface area (Å²) in [5.41, 5.74) is 3.54. The van der Waals surface area contributed by atoms with Crippen molar-refractivity contribution < 1.29 is 13.5 Å². The van der Waals surface area contributed by atoms with Crippen molar-refractivity contribution in [1.82, 2.24) is 9.55 Å². The third kappa shape index (κ3) is 7.04. The minimum atomic E-state index is -3.75. The average Bonchev–Trinajstić information content (AvgIpc) is 3.90. The predicted molar refractivity (Wildman–Crippen MR) is 196 cm³/mol. The monoisotopic (exact) mass is 672 g/mol. The molecule has 2 saturated carbocycles. The highest BCUT2D eigenvalue weighted by atomic mass is 32.2. The topological polar surface area (TPSA) is 72.2 Å². The molecule has 5 nitrogen and oxygen atoms in total. The molecule has 1 heterocycles. The first kappa shape index (κ1) is 33.5. The molecule has 2 aliphatic carbocycles. The van der Waals surface area contributed by atoms with Crippen molar-refractivity contribution in [3.8, 4) is 0 Å². The molecule has 3 atom stereocenters. The Hall–Kier alpha value is -4.00. The summed E-state index contributed by atoms with van der Waals surface area (Å²) in [6.07, 6.45) is 12.9. The fourth-order valence-corrected chi connectivity index (χ4v) is 10.3. The highest BCUT2D eigenvalue weighted by molar-refractivity contribution is 7.92. The smallest absolute Gasteiger partial charge is 0.183 e. The van der Waals surface area contributed by atoms with Gasteiger partial charge in [-0.25, -0.2) is 13.4 Å². The molecule has 6 heteroatoms. The van der Waals surface area contributed by atoms with Crippen LogP contribution in [0.5, 0.6) is 0 Å². The van der Waals surface area contributed by atoms with Crippen LogP contribution >= 0.6 is 0 Å². The van der Waals surface area contributed by atoms with E-state index in [1.165, 1.54) is 19.3 Å². The summed E-state index contributed by atoms with van der Waals surface area (Å²) in [5, 5.41) is 11.4. The molecule has 0 bridgehead atoms. The molecule has 5 aromatic rings. The van der Waals surface area contributed by atoms with Gasteiger partial charge in [-0.1, -0.05) is 141 Å². The molecular weight excluding hydrogens is 625 g/mol. The van der Waals surface area contributed by atoms with E-state index in [-0.39, 0.29) is 11.8 Å². The maximum Gasteiger partial charge on any atom is 0.183 e. The second-order valence-corrected chi connectivity index (χ2v) is 16.4. The van der Waals surface area contributed by atoms with Gasteiger partial charge < -0.3 is 9.67 Å². The molecule has 254 valence electrons. The van der Waals surface area contributed by atoms with Crippen LogP contribution in [0.4, 0.5) is 0 Å². The summed E-state index contributed by atoms with van der Waals surface area (Å²) in [5.74, 6) is 0.620. The zero-order valence-corrected chi connectivity index (χ0v) is 29.0. The van der Waals surface area contributed by atoms with Crippen LogP contribution in [-0.4, -0.2) is 34.4 Å². The van der Waals surface area contributed by atoms with Gasteiger partial charge >= 0.3 is 0 Å². The largest absolute Gasteiger partial charge is 0.391 e. The van der Waals surface area contributed by atoms with Crippen molar-refractivity contribution in [2.75, 3.05) is 0 Å². The van der Waals surface area contributed by atoms with E-state index in [0.717, 1.165) is 54.5 Å². The van der Waals surface area contributed by atoms with Gasteiger partial charge in [-0.05, 0) is 78.7 Å². The van der Waals surface area contributed by atoms with Crippen LogP contribution in [0.25, 0.3) is 0 Å². The molecule has 1 aromatic heterocycles. The molecule has 0 aliphatic heterocycles. The third-order valence-electron chi connectivity index (χ3n) is 11.1. The number of aromatic nitrogens is 2. The van der Waals surface area contributed by atoms with Crippen LogP contribution < -0.4 is 0 Å². The van der Waals surface area contributed by atoms with Crippen LogP contribution in [0, 0.1) is 17.8 Å². The molecular formula is C43H48N2O3S. The van der Waals surface area contributed by atoms with Crippen molar-refractivity contribution in [3.05, 3.63) is 156 Å². The van der Waals surface area contributed by atoms with E-state index in [0.29, 0.717) is 23.7 Å². The summed E-state index contributed by atoms with van der Waals surface area (Å²) in [6.45, 7) is 0. The molecule has 49 heavy (non-hydrogen) atoms. The lowest BCUT2D eigenvalue weighted by Gasteiger charge is -2.37. The zero-order valence-electron chi connectivity index (χ0n) is 28.2. The minimum absolute atomic E-state index is 0.197. The van der Waals surface area contributed by atoms with Gasteiger partial charge in [-0.15, -0.1) is 0 Å². The van der Waals surface area contributed by atoms with Crippen molar-refractivity contribution in [3.63, 3.8) is 0 Å². The Morgan fingerprint density at radius 3 is 1.73 bits per heavy atom. The van der Waals surface area contributed by atoms with Crippen LogP contribution in [-0.2, 0) is 21.8 Å². The Morgan fingerprint density at radius 1 is 0.714 bits per heavy atom. The van der Waals surface area contributed by atoms with Crippen molar-refractivity contribution in [1.29, 1.82) is 0 Å². The zero-order chi connectivity index (χ0) is 33.7. The lowest BCUT2D eigenvalue weighted by molar-refractivity contribution is 0.0846. The number of aliphatic hydroxyl groups excluding tert-OH is 1. The maximum absolute atomic E-state index is 14.3. The fourth-order valence-electron chi connectivity index (χ4n) is 8.42. The number of aliphatic hydroxyl groups is 1. The first-order chi connectivity index (χ1) is 24.0. The normalized spacial score (nSPS) is 17.7.